The minimum Gasteiger partial charge on any atom is -0.508 e. The minimum absolute atomic E-state index is 0.110. The fraction of sp³-hybridized carbons (Fsp3) is 0.263. The fourth-order valence-electron chi connectivity index (χ4n) is 2.71. The molecule has 8 nitrogen and oxygen atoms in total. The molecule has 2 atom stereocenters. The van der Waals surface area contributed by atoms with E-state index in [9.17, 15) is 30.0 Å². The Labute approximate surface area is 156 Å². The van der Waals surface area contributed by atoms with Crippen LogP contribution in [0.25, 0.3) is 0 Å². The number of phenolic OH excluding ortho intramolecular Hbond substituents is 2. The molecule has 0 aliphatic carbocycles. The Hall–Kier alpha value is -3.10. The highest BCUT2D eigenvalue weighted by atomic mass is 16.4. The zero-order chi connectivity index (χ0) is 19.8. The predicted molar refractivity (Wildman–Crippen MR) is 97.6 cm³/mol. The number of phenols is 2. The van der Waals surface area contributed by atoms with Gasteiger partial charge in [0.1, 0.15) is 23.6 Å². The molecule has 0 heterocycles. The molecule has 0 fully saturated rings. The van der Waals surface area contributed by atoms with Crippen LogP contribution in [-0.4, -0.2) is 45.5 Å². The van der Waals surface area contributed by atoms with Crippen molar-refractivity contribution in [2.75, 3.05) is 13.1 Å². The van der Waals surface area contributed by atoms with Crippen LogP contribution in [0.2, 0.25) is 0 Å². The van der Waals surface area contributed by atoms with E-state index in [1.54, 1.807) is 24.3 Å². The summed E-state index contributed by atoms with van der Waals surface area (Å²) in [6.45, 7) is 0.566. The van der Waals surface area contributed by atoms with Gasteiger partial charge in [-0.25, -0.2) is 0 Å². The van der Waals surface area contributed by atoms with Gasteiger partial charge in [0.25, 0.3) is 0 Å². The van der Waals surface area contributed by atoms with E-state index in [-0.39, 0.29) is 35.7 Å². The van der Waals surface area contributed by atoms with Crippen molar-refractivity contribution in [3.05, 3.63) is 59.7 Å². The van der Waals surface area contributed by atoms with E-state index < -0.39 is 24.0 Å². The van der Waals surface area contributed by atoms with Crippen molar-refractivity contribution in [1.82, 2.24) is 10.6 Å². The van der Waals surface area contributed by atoms with Gasteiger partial charge in [0.2, 0.25) is 0 Å². The Morgan fingerprint density at radius 3 is 1.44 bits per heavy atom. The summed E-state index contributed by atoms with van der Waals surface area (Å²) in [6, 6.07) is 10.2. The Kier molecular flexibility index (Phi) is 7.16. The molecule has 2 aromatic rings. The number of carboxylic acid groups (broad SMARTS) is 2. The molecule has 0 aliphatic heterocycles. The maximum absolute atomic E-state index is 11.4. The smallest absolute Gasteiger partial charge is 0.325 e. The third kappa shape index (κ3) is 5.44. The van der Waals surface area contributed by atoms with Gasteiger partial charge in [-0.1, -0.05) is 36.4 Å². The number of nitrogens with one attached hydrogen (secondary N) is 2. The zero-order valence-electron chi connectivity index (χ0n) is 14.5. The van der Waals surface area contributed by atoms with Crippen molar-refractivity contribution >= 4 is 11.9 Å². The molecule has 2 unspecified atom stereocenters. The minimum atomic E-state index is -1.12. The Morgan fingerprint density at radius 2 is 1.11 bits per heavy atom. The molecule has 0 radical (unpaired) electrons. The number of hydrogen-bond donors (Lipinski definition) is 6. The number of carbonyl (C=O) groups is 2. The monoisotopic (exact) mass is 374 g/mol. The van der Waals surface area contributed by atoms with Crippen LogP contribution >= 0.6 is 0 Å². The summed E-state index contributed by atoms with van der Waals surface area (Å²) in [5, 5.41) is 44.0. The number of para-hydroxylation sites is 2. The van der Waals surface area contributed by atoms with E-state index in [2.05, 4.69) is 10.6 Å². The number of carboxylic acids is 2. The van der Waals surface area contributed by atoms with Gasteiger partial charge >= 0.3 is 11.9 Å². The van der Waals surface area contributed by atoms with Crippen molar-refractivity contribution < 1.29 is 30.0 Å². The standard InChI is InChI=1S/C19H22N2O6/c22-14-8-3-1-6-12(14)16(18(24)25)20-10-5-11-21-17(19(26)27)13-7-2-4-9-15(13)23/h1-4,6-9,16-17,20-23H,5,10-11H2,(H,24,25)(H,26,27). The maximum Gasteiger partial charge on any atom is 0.325 e. The molecule has 2 aromatic carbocycles. The first-order valence-electron chi connectivity index (χ1n) is 8.40. The molecule has 27 heavy (non-hydrogen) atoms. The van der Waals surface area contributed by atoms with Crippen LogP contribution < -0.4 is 10.6 Å². The molecule has 0 bridgehead atoms. The second kappa shape index (κ2) is 9.56. The number of hydrogen-bond acceptors (Lipinski definition) is 6. The van der Waals surface area contributed by atoms with Crippen molar-refractivity contribution in [3.63, 3.8) is 0 Å². The second-order valence-corrected chi connectivity index (χ2v) is 5.92. The first-order valence-corrected chi connectivity index (χ1v) is 8.40. The van der Waals surface area contributed by atoms with E-state index in [4.69, 9.17) is 0 Å². The molecule has 0 spiro atoms. The van der Waals surface area contributed by atoms with Crippen molar-refractivity contribution in [1.29, 1.82) is 0 Å². The molecule has 2 rings (SSSR count). The number of benzene rings is 2. The van der Waals surface area contributed by atoms with Crippen LogP contribution in [0.1, 0.15) is 29.6 Å². The van der Waals surface area contributed by atoms with E-state index in [0.717, 1.165) is 0 Å². The summed E-state index contributed by atoms with van der Waals surface area (Å²) in [5.74, 6) is -2.47. The Balaban J connectivity index is 1.89. The molecular weight excluding hydrogens is 352 g/mol. The van der Waals surface area contributed by atoms with E-state index in [1.165, 1.54) is 24.3 Å². The SMILES string of the molecule is O=C(O)C(NCCCNC(C(=O)O)c1ccccc1O)c1ccccc1O. The number of aromatic hydroxyl groups is 2. The molecule has 8 heteroatoms. The van der Waals surface area contributed by atoms with Crippen molar-refractivity contribution in [2.24, 2.45) is 0 Å². The second-order valence-electron chi connectivity index (χ2n) is 5.92. The van der Waals surface area contributed by atoms with Crippen molar-refractivity contribution in [2.45, 2.75) is 18.5 Å². The lowest BCUT2D eigenvalue weighted by molar-refractivity contribution is -0.140. The van der Waals surface area contributed by atoms with E-state index >= 15 is 0 Å². The maximum atomic E-state index is 11.4. The third-order valence-corrected chi connectivity index (χ3v) is 4.04. The topological polar surface area (TPSA) is 139 Å². The summed E-state index contributed by atoms with van der Waals surface area (Å²) in [4.78, 5) is 22.9. The number of rotatable bonds is 10. The summed E-state index contributed by atoms with van der Waals surface area (Å²) in [6.07, 6.45) is 0.439. The van der Waals surface area contributed by atoms with Crippen LogP contribution in [0.5, 0.6) is 11.5 Å². The van der Waals surface area contributed by atoms with E-state index in [1.807, 2.05) is 0 Å². The van der Waals surface area contributed by atoms with E-state index in [0.29, 0.717) is 6.42 Å². The largest absolute Gasteiger partial charge is 0.508 e. The van der Waals surface area contributed by atoms with Crippen LogP contribution in [0.15, 0.2) is 48.5 Å². The third-order valence-electron chi connectivity index (χ3n) is 4.04. The van der Waals surface area contributed by atoms with Gasteiger partial charge in [0.05, 0.1) is 0 Å². The fourth-order valence-corrected chi connectivity index (χ4v) is 2.71. The van der Waals surface area contributed by atoms with Crippen LogP contribution in [0.4, 0.5) is 0 Å². The van der Waals surface area contributed by atoms with Crippen LogP contribution in [-0.2, 0) is 9.59 Å². The highest BCUT2D eigenvalue weighted by Crippen LogP contribution is 2.25. The van der Waals surface area contributed by atoms with Gasteiger partial charge in [-0.15, -0.1) is 0 Å². The molecule has 144 valence electrons. The molecule has 6 N–H and O–H groups in total. The zero-order valence-corrected chi connectivity index (χ0v) is 14.5. The average molecular weight is 374 g/mol. The normalized spacial score (nSPS) is 13.0. The molecule has 0 saturated carbocycles. The van der Waals surface area contributed by atoms with Gasteiger partial charge in [0.15, 0.2) is 0 Å². The lowest BCUT2D eigenvalue weighted by atomic mass is 10.1. The summed E-state index contributed by atoms with van der Waals surface area (Å²) < 4.78 is 0. The highest BCUT2D eigenvalue weighted by molar-refractivity contribution is 5.77. The van der Waals surface area contributed by atoms with Gasteiger partial charge in [-0.05, 0) is 31.6 Å². The van der Waals surface area contributed by atoms with Gasteiger partial charge < -0.3 is 31.1 Å². The Morgan fingerprint density at radius 1 is 0.741 bits per heavy atom. The average Bonchev–Trinajstić information content (AvgIpc) is 2.62. The molecule has 0 saturated heterocycles. The highest BCUT2D eigenvalue weighted by Gasteiger charge is 2.23. The van der Waals surface area contributed by atoms with Gasteiger partial charge in [0, 0.05) is 11.1 Å². The van der Waals surface area contributed by atoms with Crippen LogP contribution in [0.3, 0.4) is 0 Å². The predicted octanol–water partition coefficient (Wildman–Crippen LogP) is 1.62. The Bertz CT molecular complexity index is 730. The summed E-state index contributed by atoms with van der Waals surface area (Å²) in [5.41, 5.74) is 0.520. The molecular formula is C19H22N2O6. The first-order chi connectivity index (χ1) is 12.9. The summed E-state index contributed by atoms with van der Waals surface area (Å²) >= 11 is 0. The number of aliphatic carboxylic acids is 2. The molecule has 0 aliphatic rings. The molecule has 0 aromatic heterocycles. The quantitative estimate of drug-likeness (QED) is 0.345. The first kappa shape index (κ1) is 20.2. The lowest BCUT2D eigenvalue weighted by Gasteiger charge is -2.18. The van der Waals surface area contributed by atoms with Crippen molar-refractivity contribution in [3.8, 4) is 11.5 Å². The van der Waals surface area contributed by atoms with Crippen LogP contribution in [0, 0.1) is 0 Å². The van der Waals surface area contributed by atoms with Gasteiger partial charge in [-0.2, -0.15) is 0 Å². The molecule has 0 amide bonds. The van der Waals surface area contributed by atoms with Gasteiger partial charge in [-0.3, -0.25) is 9.59 Å². The summed E-state index contributed by atoms with van der Waals surface area (Å²) in [7, 11) is 0. The lowest BCUT2D eigenvalue weighted by Crippen LogP contribution is -2.33.